The number of aryl methyl sites for hydroxylation is 1. The molecule has 0 spiro atoms. The lowest BCUT2D eigenvalue weighted by Gasteiger charge is -2.06. The van der Waals surface area contributed by atoms with E-state index in [1.165, 1.54) is 37.9 Å². The SMILES string of the molecule is c1cn(CCCCC[C@@H]2CCSS2)nn1. The molecule has 0 bridgehead atoms. The normalized spacial score (nSPS) is 20.9. The Morgan fingerprint density at radius 2 is 2.33 bits per heavy atom. The molecular formula is C10H17N3S2. The fraction of sp³-hybridized carbons (Fsp3) is 0.800. The van der Waals surface area contributed by atoms with Crippen molar-refractivity contribution in [2.24, 2.45) is 0 Å². The predicted octanol–water partition coefficient (Wildman–Crippen LogP) is 2.99. The predicted molar refractivity (Wildman–Crippen MR) is 66.9 cm³/mol. The van der Waals surface area contributed by atoms with Crippen LogP contribution in [-0.4, -0.2) is 26.0 Å². The van der Waals surface area contributed by atoms with E-state index in [0.717, 1.165) is 11.8 Å². The van der Waals surface area contributed by atoms with Gasteiger partial charge in [-0.15, -0.1) is 5.10 Å². The van der Waals surface area contributed by atoms with E-state index in [2.05, 4.69) is 21.1 Å². The summed E-state index contributed by atoms with van der Waals surface area (Å²) >= 11 is 0. The molecule has 0 amide bonds. The molecule has 0 aliphatic carbocycles. The summed E-state index contributed by atoms with van der Waals surface area (Å²) in [4.78, 5) is 0. The first-order valence-corrected chi connectivity index (χ1v) is 7.96. The van der Waals surface area contributed by atoms with Crippen molar-refractivity contribution in [3.63, 3.8) is 0 Å². The number of rotatable bonds is 6. The van der Waals surface area contributed by atoms with Crippen LogP contribution in [0.25, 0.3) is 0 Å². The van der Waals surface area contributed by atoms with E-state index in [0.29, 0.717) is 0 Å². The second-order valence-electron chi connectivity index (χ2n) is 3.84. The summed E-state index contributed by atoms with van der Waals surface area (Å²) in [6, 6.07) is 0. The molecular weight excluding hydrogens is 226 g/mol. The van der Waals surface area contributed by atoms with Crippen molar-refractivity contribution in [2.45, 2.75) is 43.9 Å². The van der Waals surface area contributed by atoms with E-state index in [1.54, 1.807) is 6.20 Å². The third kappa shape index (κ3) is 4.07. The zero-order chi connectivity index (χ0) is 10.3. The Balaban J connectivity index is 1.48. The van der Waals surface area contributed by atoms with E-state index in [9.17, 15) is 0 Å². The van der Waals surface area contributed by atoms with Gasteiger partial charge in [-0.1, -0.05) is 39.6 Å². The summed E-state index contributed by atoms with van der Waals surface area (Å²) in [6.07, 6.45) is 10.4. The standard InChI is InChI=1S/C10H17N3S2/c1(2-4-10-5-9-14-15-10)3-7-13-8-6-11-12-13/h6,8,10H,1-5,7,9H2/t10-/m1/s1. The first kappa shape index (κ1) is 11.3. The molecule has 0 radical (unpaired) electrons. The second-order valence-corrected chi connectivity index (χ2v) is 6.63. The van der Waals surface area contributed by atoms with Crippen molar-refractivity contribution in [1.29, 1.82) is 0 Å². The van der Waals surface area contributed by atoms with Gasteiger partial charge in [0.2, 0.25) is 0 Å². The van der Waals surface area contributed by atoms with Crippen LogP contribution in [0.15, 0.2) is 12.4 Å². The molecule has 0 saturated carbocycles. The van der Waals surface area contributed by atoms with Crippen LogP contribution in [0.1, 0.15) is 32.1 Å². The molecule has 1 saturated heterocycles. The highest BCUT2D eigenvalue weighted by Crippen LogP contribution is 2.39. The molecule has 1 aromatic heterocycles. The lowest BCUT2D eigenvalue weighted by molar-refractivity contribution is 0.519. The molecule has 84 valence electrons. The van der Waals surface area contributed by atoms with Crippen molar-refractivity contribution in [2.75, 3.05) is 5.75 Å². The highest BCUT2D eigenvalue weighted by Gasteiger charge is 2.15. The lowest BCUT2D eigenvalue weighted by Crippen LogP contribution is -2.00. The Hall–Kier alpha value is -0.160. The molecule has 0 N–H and O–H groups in total. The quantitative estimate of drug-likeness (QED) is 0.567. The zero-order valence-corrected chi connectivity index (χ0v) is 10.5. The van der Waals surface area contributed by atoms with Crippen LogP contribution in [0.5, 0.6) is 0 Å². The number of nitrogens with zero attached hydrogens (tertiary/aromatic N) is 3. The van der Waals surface area contributed by atoms with Crippen molar-refractivity contribution in [3.8, 4) is 0 Å². The molecule has 1 aromatic rings. The van der Waals surface area contributed by atoms with E-state index >= 15 is 0 Å². The molecule has 1 fully saturated rings. The highest BCUT2D eigenvalue weighted by molar-refractivity contribution is 8.77. The van der Waals surface area contributed by atoms with Crippen LogP contribution in [0.3, 0.4) is 0 Å². The third-order valence-corrected chi connectivity index (χ3v) is 5.62. The maximum absolute atomic E-state index is 3.95. The fourth-order valence-corrected chi connectivity index (χ4v) is 4.77. The first-order chi connectivity index (χ1) is 7.45. The summed E-state index contributed by atoms with van der Waals surface area (Å²) in [5.41, 5.74) is 0. The Labute approximate surface area is 98.8 Å². The molecule has 1 atom stereocenters. The minimum absolute atomic E-state index is 0.932. The topological polar surface area (TPSA) is 30.7 Å². The van der Waals surface area contributed by atoms with Crippen LogP contribution in [0, 0.1) is 0 Å². The second kappa shape index (κ2) is 6.43. The summed E-state index contributed by atoms with van der Waals surface area (Å²) in [5, 5.41) is 8.67. The number of hydrogen-bond acceptors (Lipinski definition) is 4. The van der Waals surface area contributed by atoms with E-state index in [4.69, 9.17) is 0 Å². The van der Waals surface area contributed by atoms with Gasteiger partial charge in [-0.25, -0.2) is 0 Å². The average Bonchev–Trinajstić information content (AvgIpc) is 2.88. The largest absolute Gasteiger partial charge is 0.253 e. The monoisotopic (exact) mass is 243 g/mol. The average molecular weight is 243 g/mol. The first-order valence-electron chi connectivity index (χ1n) is 5.57. The van der Waals surface area contributed by atoms with Gasteiger partial charge in [0.1, 0.15) is 0 Å². The maximum atomic E-state index is 3.95. The summed E-state index contributed by atoms with van der Waals surface area (Å²) in [6.45, 7) is 1.02. The van der Waals surface area contributed by atoms with Gasteiger partial charge in [-0.3, -0.25) is 4.68 Å². The number of hydrogen-bond donors (Lipinski definition) is 0. The van der Waals surface area contributed by atoms with Gasteiger partial charge < -0.3 is 0 Å². The van der Waals surface area contributed by atoms with Gasteiger partial charge in [0.05, 0.1) is 6.20 Å². The lowest BCUT2D eigenvalue weighted by atomic mass is 10.1. The van der Waals surface area contributed by atoms with Crippen molar-refractivity contribution < 1.29 is 0 Å². The van der Waals surface area contributed by atoms with Gasteiger partial charge in [-0.2, -0.15) is 0 Å². The molecule has 2 rings (SSSR count). The maximum Gasteiger partial charge on any atom is 0.0692 e. The molecule has 1 aliphatic rings. The van der Waals surface area contributed by atoms with Crippen molar-refractivity contribution in [3.05, 3.63) is 12.4 Å². The van der Waals surface area contributed by atoms with Gasteiger partial charge in [0, 0.05) is 23.7 Å². The van der Waals surface area contributed by atoms with Crippen molar-refractivity contribution in [1.82, 2.24) is 15.0 Å². The van der Waals surface area contributed by atoms with E-state index in [1.807, 2.05) is 21.7 Å². The van der Waals surface area contributed by atoms with Crippen molar-refractivity contribution >= 4 is 21.6 Å². The van der Waals surface area contributed by atoms with Gasteiger partial charge in [0.15, 0.2) is 0 Å². The minimum Gasteiger partial charge on any atom is -0.253 e. The van der Waals surface area contributed by atoms with E-state index in [-0.39, 0.29) is 0 Å². The van der Waals surface area contributed by atoms with Gasteiger partial charge >= 0.3 is 0 Å². The van der Waals surface area contributed by atoms with Crippen LogP contribution < -0.4 is 0 Å². The Kier molecular flexibility index (Phi) is 4.86. The smallest absolute Gasteiger partial charge is 0.0692 e. The summed E-state index contributed by atoms with van der Waals surface area (Å²) < 4.78 is 1.92. The van der Waals surface area contributed by atoms with Crippen LogP contribution in [0.2, 0.25) is 0 Å². The fourth-order valence-electron chi connectivity index (χ4n) is 1.74. The third-order valence-electron chi connectivity index (χ3n) is 2.61. The van der Waals surface area contributed by atoms with Gasteiger partial charge in [0.25, 0.3) is 0 Å². The van der Waals surface area contributed by atoms with Crippen LogP contribution in [-0.2, 0) is 6.54 Å². The Morgan fingerprint density at radius 3 is 3.07 bits per heavy atom. The van der Waals surface area contributed by atoms with E-state index < -0.39 is 0 Å². The molecule has 3 nitrogen and oxygen atoms in total. The van der Waals surface area contributed by atoms with Crippen LogP contribution >= 0.6 is 21.6 Å². The highest BCUT2D eigenvalue weighted by atomic mass is 33.1. The summed E-state index contributed by atoms with van der Waals surface area (Å²) in [7, 11) is 4.13. The molecule has 5 heteroatoms. The summed E-state index contributed by atoms with van der Waals surface area (Å²) in [5.74, 6) is 1.36. The number of unbranched alkanes of at least 4 members (excludes halogenated alkanes) is 2. The Bertz CT molecular complexity index is 258. The number of aromatic nitrogens is 3. The minimum atomic E-state index is 0.932. The Morgan fingerprint density at radius 1 is 1.33 bits per heavy atom. The molecule has 1 aliphatic heterocycles. The molecule has 2 heterocycles. The van der Waals surface area contributed by atoms with Crippen LogP contribution in [0.4, 0.5) is 0 Å². The van der Waals surface area contributed by atoms with Gasteiger partial charge in [-0.05, 0) is 19.3 Å². The zero-order valence-electron chi connectivity index (χ0n) is 8.84. The molecule has 15 heavy (non-hydrogen) atoms. The molecule has 0 aromatic carbocycles. The molecule has 0 unspecified atom stereocenters.